The van der Waals surface area contributed by atoms with E-state index in [1.54, 1.807) is 13.8 Å². The van der Waals surface area contributed by atoms with E-state index in [9.17, 15) is 9.59 Å². The van der Waals surface area contributed by atoms with E-state index in [1.165, 1.54) is 14.2 Å². The van der Waals surface area contributed by atoms with E-state index in [1.807, 2.05) is 0 Å². The van der Waals surface area contributed by atoms with Gasteiger partial charge in [0.2, 0.25) is 0 Å². The van der Waals surface area contributed by atoms with E-state index in [0.29, 0.717) is 17.6 Å². The molecule has 0 heterocycles. The van der Waals surface area contributed by atoms with Crippen LogP contribution in [0.25, 0.3) is 0 Å². The predicted octanol–water partition coefficient (Wildman–Crippen LogP) is 1.06. The molecule has 74 valence electrons. The summed E-state index contributed by atoms with van der Waals surface area (Å²) in [6.45, 7) is 3.32. The molecule has 0 N–H and O–H groups in total. The van der Waals surface area contributed by atoms with Gasteiger partial charge in [0.05, 0.1) is 14.2 Å². The summed E-state index contributed by atoms with van der Waals surface area (Å²) < 4.78 is 9.00. The summed E-state index contributed by atoms with van der Waals surface area (Å²) in [6.07, 6.45) is 0.452. The third kappa shape index (κ3) is 2.89. The van der Waals surface area contributed by atoms with Crippen molar-refractivity contribution in [3.05, 3.63) is 11.1 Å². The van der Waals surface area contributed by atoms with E-state index < -0.39 is 11.9 Å². The lowest BCUT2D eigenvalue weighted by Gasteiger charge is -2.06. The number of ether oxygens (including phenoxy) is 2. The van der Waals surface area contributed by atoms with Gasteiger partial charge in [0.1, 0.15) is 0 Å². The SMILES string of the molecule is CC/C(C(=O)OC)=C(/C)C(=O)OC. The molecule has 0 aromatic carbocycles. The Hall–Kier alpha value is -1.32. The van der Waals surface area contributed by atoms with Crippen molar-refractivity contribution in [2.45, 2.75) is 20.3 Å². The van der Waals surface area contributed by atoms with Crippen molar-refractivity contribution in [3.8, 4) is 0 Å². The molecule has 4 nitrogen and oxygen atoms in total. The Bertz CT molecular complexity index is 240. The van der Waals surface area contributed by atoms with Gasteiger partial charge in [0, 0.05) is 11.1 Å². The third-order valence-corrected chi connectivity index (χ3v) is 1.73. The maximum atomic E-state index is 11.1. The van der Waals surface area contributed by atoms with Crippen molar-refractivity contribution in [2.75, 3.05) is 14.2 Å². The molecule has 0 saturated heterocycles. The van der Waals surface area contributed by atoms with Crippen molar-refractivity contribution in [1.82, 2.24) is 0 Å². The van der Waals surface area contributed by atoms with Gasteiger partial charge in [-0.2, -0.15) is 0 Å². The summed E-state index contributed by atoms with van der Waals surface area (Å²) in [5, 5.41) is 0. The second kappa shape index (κ2) is 5.35. The van der Waals surface area contributed by atoms with E-state index in [4.69, 9.17) is 0 Å². The molecule has 0 aromatic heterocycles. The Morgan fingerprint density at radius 3 is 1.85 bits per heavy atom. The Morgan fingerprint density at radius 2 is 1.54 bits per heavy atom. The third-order valence-electron chi connectivity index (χ3n) is 1.73. The summed E-state index contributed by atoms with van der Waals surface area (Å²) in [5.41, 5.74) is 0.659. The lowest BCUT2D eigenvalue weighted by Crippen LogP contribution is -2.12. The van der Waals surface area contributed by atoms with E-state index in [0.717, 1.165) is 0 Å². The summed E-state index contributed by atoms with van der Waals surface area (Å²) in [5.74, 6) is -0.979. The highest BCUT2D eigenvalue weighted by atomic mass is 16.5. The molecule has 0 fully saturated rings. The highest BCUT2D eigenvalue weighted by Crippen LogP contribution is 2.11. The zero-order valence-electron chi connectivity index (χ0n) is 8.34. The van der Waals surface area contributed by atoms with Crippen LogP contribution >= 0.6 is 0 Å². The van der Waals surface area contributed by atoms with Crippen LogP contribution < -0.4 is 0 Å². The number of esters is 2. The minimum absolute atomic E-state index is 0.303. The molecule has 0 saturated carbocycles. The normalized spacial score (nSPS) is 11.7. The molecule has 0 bridgehead atoms. The zero-order chi connectivity index (χ0) is 10.4. The van der Waals surface area contributed by atoms with Crippen LogP contribution in [0.5, 0.6) is 0 Å². The first-order valence-electron chi connectivity index (χ1n) is 3.94. The number of hydrogen-bond donors (Lipinski definition) is 0. The van der Waals surface area contributed by atoms with Crippen LogP contribution in [0.15, 0.2) is 11.1 Å². The molecule has 0 unspecified atom stereocenters. The van der Waals surface area contributed by atoms with E-state index in [2.05, 4.69) is 9.47 Å². The van der Waals surface area contributed by atoms with Gasteiger partial charge in [-0.05, 0) is 13.3 Å². The highest BCUT2D eigenvalue weighted by Gasteiger charge is 2.16. The fourth-order valence-corrected chi connectivity index (χ4v) is 0.962. The van der Waals surface area contributed by atoms with Crippen LogP contribution in [0, 0.1) is 0 Å². The second-order valence-electron chi connectivity index (χ2n) is 2.44. The molecule has 0 rings (SSSR count). The lowest BCUT2D eigenvalue weighted by atomic mass is 10.1. The molecular formula is C9H14O4. The number of carbonyl (C=O) groups is 2. The lowest BCUT2D eigenvalue weighted by molar-refractivity contribution is -0.139. The van der Waals surface area contributed by atoms with Crippen molar-refractivity contribution in [2.24, 2.45) is 0 Å². The molecule has 13 heavy (non-hydrogen) atoms. The van der Waals surface area contributed by atoms with Crippen LogP contribution in [-0.2, 0) is 19.1 Å². The Morgan fingerprint density at radius 1 is 1.08 bits per heavy atom. The molecule has 4 heteroatoms. The van der Waals surface area contributed by atoms with Gasteiger partial charge in [0.15, 0.2) is 0 Å². The maximum absolute atomic E-state index is 11.1. The molecule has 0 spiro atoms. The fraction of sp³-hybridized carbons (Fsp3) is 0.556. The average molecular weight is 186 g/mol. The predicted molar refractivity (Wildman–Crippen MR) is 47.0 cm³/mol. The van der Waals surface area contributed by atoms with E-state index in [-0.39, 0.29) is 0 Å². The van der Waals surface area contributed by atoms with Crippen LogP contribution in [-0.4, -0.2) is 26.2 Å². The first kappa shape index (κ1) is 11.7. The quantitative estimate of drug-likeness (QED) is 0.488. The standard InChI is InChI=1S/C9H14O4/c1-5-7(9(11)13-4)6(2)8(10)12-3/h5H2,1-4H3/b7-6+. The monoisotopic (exact) mass is 186 g/mol. The van der Waals surface area contributed by atoms with Gasteiger partial charge in [-0.15, -0.1) is 0 Å². The van der Waals surface area contributed by atoms with Crippen LogP contribution in [0.4, 0.5) is 0 Å². The first-order chi connectivity index (χ1) is 6.08. The fourth-order valence-electron chi connectivity index (χ4n) is 0.962. The van der Waals surface area contributed by atoms with Crippen molar-refractivity contribution in [1.29, 1.82) is 0 Å². The van der Waals surface area contributed by atoms with E-state index >= 15 is 0 Å². The van der Waals surface area contributed by atoms with Crippen molar-refractivity contribution >= 4 is 11.9 Å². The minimum Gasteiger partial charge on any atom is -0.466 e. The van der Waals surface area contributed by atoms with Crippen LogP contribution in [0.3, 0.4) is 0 Å². The Labute approximate surface area is 77.5 Å². The van der Waals surface area contributed by atoms with Crippen LogP contribution in [0.1, 0.15) is 20.3 Å². The molecule has 0 aliphatic rings. The molecular weight excluding hydrogens is 172 g/mol. The topological polar surface area (TPSA) is 52.6 Å². The molecule has 0 aliphatic heterocycles. The average Bonchev–Trinajstić information content (AvgIpc) is 2.17. The summed E-state index contributed by atoms with van der Waals surface area (Å²) in [7, 11) is 2.55. The second-order valence-corrected chi connectivity index (χ2v) is 2.44. The molecule has 0 atom stereocenters. The Balaban J connectivity index is 4.89. The first-order valence-corrected chi connectivity index (χ1v) is 3.94. The van der Waals surface area contributed by atoms with Gasteiger partial charge in [-0.3, -0.25) is 0 Å². The van der Waals surface area contributed by atoms with Crippen molar-refractivity contribution in [3.63, 3.8) is 0 Å². The summed E-state index contributed by atoms with van der Waals surface area (Å²) in [4.78, 5) is 22.2. The van der Waals surface area contributed by atoms with Crippen LogP contribution in [0.2, 0.25) is 0 Å². The van der Waals surface area contributed by atoms with Crippen molar-refractivity contribution < 1.29 is 19.1 Å². The minimum atomic E-state index is -0.498. The van der Waals surface area contributed by atoms with Gasteiger partial charge in [0.25, 0.3) is 0 Å². The number of rotatable bonds is 3. The Kier molecular flexibility index (Phi) is 4.80. The largest absolute Gasteiger partial charge is 0.466 e. The summed E-state index contributed by atoms with van der Waals surface area (Å²) in [6, 6.07) is 0. The highest BCUT2D eigenvalue weighted by molar-refractivity contribution is 5.99. The number of carbonyl (C=O) groups excluding carboxylic acids is 2. The maximum Gasteiger partial charge on any atom is 0.334 e. The summed E-state index contributed by atoms with van der Waals surface area (Å²) >= 11 is 0. The van der Waals surface area contributed by atoms with Gasteiger partial charge in [-0.25, -0.2) is 9.59 Å². The number of methoxy groups -OCH3 is 2. The molecule has 0 amide bonds. The smallest absolute Gasteiger partial charge is 0.334 e. The van der Waals surface area contributed by atoms with Gasteiger partial charge >= 0.3 is 11.9 Å². The molecule has 0 aliphatic carbocycles. The zero-order valence-corrected chi connectivity index (χ0v) is 8.34. The molecule has 0 aromatic rings. The molecule has 0 radical (unpaired) electrons. The number of hydrogen-bond acceptors (Lipinski definition) is 4. The van der Waals surface area contributed by atoms with Gasteiger partial charge < -0.3 is 9.47 Å². The van der Waals surface area contributed by atoms with Gasteiger partial charge in [-0.1, -0.05) is 6.92 Å².